The van der Waals surface area contributed by atoms with Crippen molar-refractivity contribution in [1.29, 1.82) is 0 Å². The van der Waals surface area contributed by atoms with E-state index in [0.29, 0.717) is 23.3 Å². The van der Waals surface area contributed by atoms with Gasteiger partial charge >= 0.3 is 0 Å². The number of halogens is 2. The molecule has 0 N–H and O–H groups in total. The molecule has 4 rings (SSSR count). The molecule has 3 aromatic rings. The molecule has 2 aromatic carbocycles. The zero-order chi connectivity index (χ0) is 19.4. The first kappa shape index (κ1) is 19.4. The van der Waals surface area contributed by atoms with E-state index in [2.05, 4.69) is 12.1 Å². The molecule has 0 amide bonds. The van der Waals surface area contributed by atoms with Crippen molar-refractivity contribution in [3.63, 3.8) is 0 Å². The van der Waals surface area contributed by atoms with Crippen molar-refractivity contribution in [3.8, 4) is 11.1 Å². The molecular weight excluding hydrogens is 391 g/mol. The number of rotatable bonds is 7. The Hall–Kier alpha value is -1.94. The summed E-state index contributed by atoms with van der Waals surface area (Å²) in [4.78, 5) is 9.38. The Morgan fingerprint density at radius 3 is 2.36 bits per heavy atom. The van der Waals surface area contributed by atoms with Gasteiger partial charge in [-0.3, -0.25) is 0 Å². The van der Waals surface area contributed by atoms with Gasteiger partial charge in [0, 0.05) is 45.6 Å². The van der Waals surface area contributed by atoms with E-state index in [1.54, 1.807) is 6.07 Å². The van der Waals surface area contributed by atoms with Crippen LogP contribution in [0.5, 0.6) is 0 Å². The highest BCUT2D eigenvalue weighted by Gasteiger charge is 2.40. The average molecular weight is 413 g/mol. The van der Waals surface area contributed by atoms with Crippen LogP contribution in [0.4, 0.5) is 0 Å². The molecule has 1 heterocycles. The Bertz CT molecular complexity index is 925. The SMILES string of the molecule is Clc1ccc(-c2cnc(C3(CCOCc4ccccc4)CCC3)nc2)c(Cl)c1. The monoisotopic (exact) mass is 412 g/mol. The molecule has 0 atom stereocenters. The van der Waals surface area contributed by atoms with Crippen LogP contribution in [0.3, 0.4) is 0 Å². The average Bonchev–Trinajstić information content (AvgIpc) is 2.68. The Morgan fingerprint density at radius 2 is 1.71 bits per heavy atom. The summed E-state index contributed by atoms with van der Waals surface area (Å²) in [6, 6.07) is 15.7. The highest BCUT2D eigenvalue weighted by molar-refractivity contribution is 6.36. The first-order valence-corrected chi connectivity index (χ1v) is 10.3. The third-order valence-electron chi connectivity index (χ3n) is 5.52. The minimum atomic E-state index is 0.0407. The summed E-state index contributed by atoms with van der Waals surface area (Å²) in [5, 5.41) is 1.23. The summed E-state index contributed by atoms with van der Waals surface area (Å²) < 4.78 is 5.91. The van der Waals surface area contributed by atoms with Crippen LogP contribution in [-0.2, 0) is 16.8 Å². The maximum atomic E-state index is 6.31. The maximum absolute atomic E-state index is 6.31. The van der Waals surface area contributed by atoms with Gasteiger partial charge < -0.3 is 4.74 Å². The normalized spacial score (nSPS) is 15.2. The van der Waals surface area contributed by atoms with E-state index >= 15 is 0 Å². The highest BCUT2D eigenvalue weighted by Crippen LogP contribution is 2.45. The van der Waals surface area contributed by atoms with Crippen LogP contribution < -0.4 is 0 Å². The van der Waals surface area contributed by atoms with E-state index in [9.17, 15) is 0 Å². The topological polar surface area (TPSA) is 35.0 Å². The van der Waals surface area contributed by atoms with Crippen LogP contribution in [0.15, 0.2) is 60.9 Å². The first-order valence-electron chi connectivity index (χ1n) is 9.56. The Morgan fingerprint density at radius 1 is 0.964 bits per heavy atom. The van der Waals surface area contributed by atoms with Crippen LogP contribution >= 0.6 is 23.2 Å². The molecular formula is C23H22Cl2N2O. The van der Waals surface area contributed by atoms with Gasteiger partial charge in [0.25, 0.3) is 0 Å². The lowest BCUT2D eigenvalue weighted by Gasteiger charge is -2.40. The molecule has 3 nitrogen and oxygen atoms in total. The largest absolute Gasteiger partial charge is 0.377 e. The summed E-state index contributed by atoms with van der Waals surface area (Å²) in [5.74, 6) is 0.913. The Balaban J connectivity index is 1.41. The molecule has 0 saturated heterocycles. The second kappa shape index (κ2) is 8.60. The van der Waals surface area contributed by atoms with Crippen LogP contribution in [-0.4, -0.2) is 16.6 Å². The summed E-state index contributed by atoms with van der Waals surface area (Å²) in [6.45, 7) is 1.36. The minimum Gasteiger partial charge on any atom is -0.377 e. The van der Waals surface area contributed by atoms with Crippen molar-refractivity contribution in [2.45, 2.75) is 37.7 Å². The number of hydrogen-bond acceptors (Lipinski definition) is 3. The lowest BCUT2D eigenvalue weighted by molar-refractivity contribution is 0.0785. The van der Waals surface area contributed by atoms with Crippen LogP contribution in [0.2, 0.25) is 10.0 Å². The highest BCUT2D eigenvalue weighted by atomic mass is 35.5. The van der Waals surface area contributed by atoms with E-state index in [1.807, 2.05) is 42.7 Å². The lowest BCUT2D eigenvalue weighted by Crippen LogP contribution is -2.37. The Labute approximate surface area is 175 Å². The standard InChI is InChI=1S/C23H22Cl2N2O/c24-19-7-8-20(21(25)13-19)18-14-26-22(27-15-18)23(9-4-10-23)11-12-28-16-17-5-2-1-3-6-17/h1-3,5-8,13-15H,4,9-12,16H2. The van der Waals surface area contributed by atoms with Gasteiger partial charge in [-0.05, 0) is 37.0 Å². The van der Waals surface area contributed by atoms with Crippen molar-refractivity contribution in [2.75, 3.05) is 6.61 Å². The fourth-order valence-corrected chi connectivity index (χ4v) is 4.20. The van der Waals surface area contributed by atoms with Crippen molar-refractivity contribution >= 4 is 23.2 Å². The molecule has 144 valence electrons. The van der Waals surface area contributed by atoms with Crippen LogP contribution in [0.25, 0.3) is 11.1 Å². The third kappa shape index (κ3) is 4.22. The fourth-order valence-electron chi connectivity index (χ4n) is 3.69. The first-order chi connectivity index (χ1) is 13.7. The molecule has 0 aliphatic heterocycles. The van der Waals surface area contributed by atoms with E-state index in [1.165, 1.54) is 12.0 Å². The summed E-state index contributed by atoms with van der Waals surface area (Å²) in [5.41, 5.74) is 3.04. The van der Waals surface area contributed by atoms with Gasteiger partial charge in [0.15, 0.2) is 0 Å². The van der Waals surface area contributed by atoms with Gasteiger partial charge in [0.2, 0.25) is 0 Å². The van der Waals surface area contributed by atoms with Crippen LogP contribution in [0.1, 0.15) is 37.1 Å². The van der Waals surface area contributed by atoms with E-state index in [4.69, 9.17) is 37.9 Å². The van der Waals surface area contributed by atoms with Crippen molar-refractivity contribution in [3.05, 3.63) is 82.4 Å². The number of ether oxygens (including phenoxy) is 1. The van der Waals surface area contributed by atoms with Gasteiger partial charge in [-0.1, -0.05) is 66.0 Å². The molecule has 0 spiro atoms. The zero-order valence-electron chi connectivity index (χ0n) is 15.6. The third-order valence-corrected chi connectivity index (χ3v) is 6.06. The van der Waals surface area contributed by atoms with Gasteiger partial charge in [-0.25, -0.2) is 9.97 Å². The molecule has 0 unspecified atom stereocenters. The van der Waals surface area contributed by atoms with Gasteiger partial charge in [0.1, 0.15) is 5.82 Å². The van der Waals surface area contributed by atoms with Crippen molar-refractivity contribution < 1.29 is 4.74 Å². The number of nitrogens with zero attached hydrogens (tertiary/aromatic N) is 2. The number of hydrogen-bond donors (Lipinski definition) is 0. The quantitative estimate of drug-likeness (QED) is 0.416. The molecule has 1 aliphatic rings. The lowest BCUT2D eigenvalue weighted by atomic mass is 9.66. The Kier molecular flexibility index (Phi) is 5.96. The van der Waals surface area contributed by atoms with E-state index in [0.717, 1.165) is 36.2 Å². The molecule has 1 aliphatic carbocycles. The van der Waals surface area contributed by atoms with Crippen molar-refractivity contribution in [1.82, 2.24) is 9.97 Å². The summed E-state index contributed by atoms with van der Waals surface area (Å²) in [6.07, 6.45) is 8.11. The molecule has 0 radical (unpaired) electrons. The number of aromatic nitrogens is 2. The van der Waals surface area contributed by atoms with Gasteiger partial charge in [-0.2, -0.15) is 0 Å². The maximum Gasteiger partial charge on any atom is 0.134 e. The second-order valence-corrected chi connectivity index (χ2v) is 8.19. The predicted molar refractivity (Wildman–Crippen MR) is 114 cm³/mol. The molecule has 5 heteroatoms. The van der Waals surface area contributed by atoms with Gasteiger partial charge in [0.05, 0.1) is 6.61 Å². The van der Waals surface area contributed by atoms with Crippen LogP contribution in [0, 0.1) is 0 Å². The predicted octanol–water partition coefficient (Wildman–Crippen LogP) is 6.48. The molecule has 1 aromatic heterocycles. The number of benzene rings is 2. The van der Waals surface area contributed by atoms with E-state index in [-0.39, 0.29) is 5.41 Å². The molecule has 28 heavy (non-hydrogen) atoms. The summed E-state index contributed by atoms with van der Waals surface area (Å²) >= 11 is 12.3. The molecule has 0 bridgehead atoms. The molecule has 1 saturated carbocycles. The second-order valence-electron chi connectivity index (χ2n) is 7.34. The molecule has 1 fully saturated rings. The minimum absolute atomic E-state index is 0.0407. The van der Waals surface area contributed by atoms with Crippen molar-refractivity contribution in [2.24, 2.45) is 0 Å². The fraction of sp³-hybridized carbons (Fsp3) is 0.304. The summed E-state index contributed by atoms with van der Waals surface area (Å²) in [7, 11) is 0. The van der Waals surface area contributed by atoms with E-state index < -0.39 is 0 Å². The smallest absolute Gasteiger partial charge is 0.134 e. The zero-order valence-corrected chi connectivity index (χ0v) is 17.1. The van der Waals surface area contributed by atoms with Gasteiger partial charge in [-0.15, -0.1) is 0 Å².